The van der Waals surface area contributed by atoms with Gasteiger partial charge in [-0.1, -0.05) is 0 Å². The molecule has 0 saturated heterocycles. The Morgan fingerprint density at radius 3 is 2.05 bits per heavy atom. The van der Waals surface area contributed by atoms with Gasteiger partial charge in [-0.15, -0.1) is 0 Å². The second-order valence-corrected chi connectivity index (χ2v) is 4.80. The maximum atomic E-state index is 11.8. The van der Waals surface area contributed by atoms with Crippen LogP contribution in [0.3, 0.4) is 0 Å². The van der Waals surface area contributed by atoms with Crippen molar-refractivity contribution < 1.29 is 29.4 Å². The van der Waals surface area contributed by atoms with Crippen LogP contribution in [0.15, 0.2) is 0 Å². The molecular weight excluding hydrogens is 316 g/mol. The molecule has 3 atom stereocenters. The Kier molecular flexibility index (Phi) is 9.13. The van der Waals surface area contributed by atoms with Crippen LogP contribution in [0.5, 0.6) is 0 Å². The van der Waals surface area contributed by atoms with E-state index in [2.05, 4.69) is 23.3 Å². The number of carboxylic acid groups (broad SMARTS) is 1. The summed E-state index contributed by atoms with van der Waals surface area (Å²) in [6.45, 7) is -0.751. The molecule has 0 aromatic rings. The normalized spacial score (nSPS) is 14.5. The van der Waals surface area contributed by atoms with Crippen molar-refractivity contribution in [2.24, 2.45) is 11.5 Å². The van der Waals surface area contributed by atoms with Crippen LogP contribution in [0, 0.1) is 0 Å². The van der Waals surface area contributed by atoms with E-state index >= 15 is 0 Å². The summed E-state index contributed by atoms with van der Waals surface area (Å²) < 4.78 is 0. The Balaban J connectivity index is 4.57. The molecule has 0 aliphatic rings. The van der Waals surface area contributed by atoms with Crippen molar-refractivity contribution in [3.8, 4) is 0 Å². The third-order valence-electron chi connectivity index (χ3n) is 2.65. The number of thiol groups is 1. The van der Waals surface area contributed by atoms with Gasteiger partial charge in [0.05, 0.1) is 12.6 Å². The molecule has 10 nitrogen and oxygen atoms in total. The van der Waals surface area contributed by atoms with Crippen LogP contribution in [-0.2, 0) is 19.2 Å². The Labute approximate surface area is 132 Å². The number of nitrogens with one attached hydrogen (secondary N) is 2. The highest BCUT2D eigenvalue weighted by Gasteiger charge is 2.26. The Hall–Kier alpha value is -1.85. The van der Waals surface area contributed by atoms with Crippen LogP contribution in [-0.4, -0.2) is 64.4 Å². The topological polar surface area (TPSA) is 185 Å². The van der Waals surface area contributed by atoms with Gasteiger partial charge in [-0.2, -0.15) is 12.6 Å². The average molecular weight is 336 g/mol. The first-order valence-electron chi connectivity index (χ1n) is 6.32. The van der Waals surface area contributed by atoms with E-state index in [-0.39, 0.29) is 18.6 Å². The van der Waals surface area contributed by atoms with Crippen molar-refractivity contribution in [1.29, 1.82) is 0 Å². The second kappa shape index (κ2) is 9.97. The molecule has 0 aliphatic carbocycles. The lowest BCUT2D eigenvalue weighted by atomic mass is 10.1. The fourth-order valence-electron chi connectivity index (χ4n) is 1.36. The lowest BCUT2D eigenvalue weighted by Crippen LogP contribution is -2.56. The number of aliphatic carboxylic acids is 1. The third kappa shape index (κ3) is 7.24. The van der Waals surface area contributed by atoms with Crippen LogP contribution in [0.1, 0.15) is 12.8 Å². The van der Waals surface area contributed by atoms with Crippen LogP contribution in [0.2, 0.25) is 0 Å². The molecule has 0 saturated carbocycles. The van der Waals surface area contributed by atoms with E-state index in [1.54, 1.807) is 0 Å². The SMILES string of the molecule is NC(=O)CC[C@H](N)C(=O)N[C@@H](CO)C(=O)N[C@@H](CS)C(=O)O. The molecule has 0 spiro atoms. The fourth-order valence-corrected chi connectivity index (χ4v) is 1.61. The van der Waals surface area contributed by atoms with Gasteiger partial charge in [-0.05, 0) is 6.42 Å². The van der Waals surface area contributed by atoms with Gasteiger partial charge >= 0.3 is 5.97 Å². The highest BCUT2D eigenvalue weighted by atomic mass is 32.1. The Bertz CT molecular complexity index is 433. The van der Waals surface area contributed by atoms with Gasteiger partial charge in [-0.3, -0.25) is 14.4 Å². The third-order valence-corrected chi connectivity index (χ3v) is 3.02. The van der Waals surface area contributed by atoms with Gasteiger partial charge in [0.15, 0.2) is 0 Å². The number of aliphatic hydroxyl groups excluding tert-OH is 1. The fraction of sp³-hybridized carbons (Fsp3) is 0.636. The zero-order chi connectivity index (χ0) is 17.3. The lowest BCUT2D eigenvalue weighted by Gasteiger charge is -2.20. The van der Waals surface area contributed by atoms with Crippen LogP contribution in [0.4, 0.5) is 0 Å². The molecule has 8 N–H and O–H groups in total. The van der Waals surface area contributed by atoms with Crippen molar-refractivity contribution >= 4 is 36.3 Å². The zero-order valence-corrected chi connectivity index (χ0v) is 12.6. The maximum Gasteiger partial charge on any atom is 0.327 e. The first-order chi connectivity index (χ1) is 10.2. The predicted octanol–water partition coefficient (Wildman–Crippen LogP) is -3.44. The van der Waals surface area contributed by atoms with E-state index in [1.807, 2.05) is 0 Å². The van der Waals surface area contributed by atoms with Crippen molar-refractivity contribution in [1.82, 2.24) is 10.6 Å². The minimum absolute atomic E-state index is 0.0185. The van der Waals surface area contributed by atoms with Crippen LogP contribution in [0.25, 0.3) is 0 Å². The minimum atomic E-state index is -1.37. The van der Waals surface area contributed by atoms with Gasteiger partial charge in [0.25, 0.3) is 0 Å². The van der Waals surface area contributed by atoms with Gasteiger partial charge < -0.3 is 32.3 Å². The highest BCUT2D eigenvalue weighted by Crippen LogP contribution is 1.96. The first-order valence-corrected chi connectivity index (χ1v) is 6.95. The summed E-state index contributed by atoms with van der Waals surface area (Å²) >= 11 is 3.77. The summed E-state index contributed by atoms with van der Waals surface area (Å²) in [4.78, 5) is 44.9. The van der Waals surface area contributed by atoms with Crippen molar-refractivity contribution in [3.63, 3.8) is 0 Å². The molecule has 0 radical (unpaired) electrons. The first kappa shape index (κ1) is 20.1. The molecule has 0 aliphatic heterocycles. The molecular formula is C11H20N4O6S. The number of aliphatic hydroxyl groups is 1. The quantitative estimate of drug-likeness (QED) is 0.202. The standard InChI is InChI=1S/C11H20N4O6S/c12-5(1-2-8(13)17)9(18)14-6(3-16)10(19)15-7(4-22)11(20)21/h5-7,16,22H,1-4,12H2,(H2,13,17)(H,14,18)(H,15,19)(H,20,21)/t5-,6-,7-/m0/s1. The van der Waals surface area contributed by atoms with E-state index in [0.717, 1.165) is 0 Å². The molecule has 126 valence electrons. The second-order valence-electron chi connectivity index (χ2n) is 4.44. The van der Waals surface area contributed by atoms with E-state index in [9.17, 15) is 19.2 Å². The number of carbonyl (C=O) groups excluding carboxylic acids is 3. The molecule has 0 bridgehead atoms. The minimum Gasteiger partial charge on any atom is -0.480 e. The van der Waals surface area contributed by atoms with Crippen molar-refractivity contribution in [3.05, 3.63) is 0 Å². The van der Waals surface area contributed by atoms with E-state index < -0.39 is 48.4 Å². The van der Waals surface area contributed by atoms with Gasteiger partial charge in [0, 0.05) is 12.2 Å². The number of rotatable bonds is 10. The molecule has 0 heterocycles. The van der Waals surface area contributed by atoms with Crippen molar-refractivity contribution in [2.45, 2.75) is 31.0 Å². The summed E-state index contributed by atoms with van der Waals surface area (Å²) in [6.07, 6.45) is -0.124. The number of primary amides is 1. The monoisotopic (exact) mass is 336 g/mol. The summed E-state index contributed by atoms with van der Waals surface area (Å²) in [7, 11) is 0. The number of carbonyl (C=O) groups is 4. The lowest BCUT2D eigenvalue weighted by molar-refractivity contribution is -0.141. The summed E-state index contributed by atoms with van der Waals surface area (Å²) in [5.41, 5.74) is 10.4. The summed E-state index contributed by atoms with van der Waals surface area (Å²) in [5.74, 6) is -3.75. The van der Waals surface area contributed by atoms with Crippen LogP contribution < -0.4 is 22.1 Å². The van der Waals surface area contributed by atoms with Crippen molar-refractivity contribution in [2.75, 3.05) is 12.4 Å². The number of nitrogens with two attached hydrogens (primary N) is 2. The Morgan fingerprint density at radius 2 is 1.64 bits per heavy atom. The Morgan fingerprint density at radius 1 is 1.09 bits per heavy atom. The molecule has 0 rings (SSSR count). The predicted molar refractivity (Wildman–Crippen MR) is 78.8 cm³/mol. The molecule has 11 heteroatoms. The molecule has 22 heavy (non-hydrogen) atoms. The molecule has 0 fully saturated rings. The summed E-state index contributed by atoms with van der Waals surface area (Å²) in [6, 6.07) is -3.71. The molecule has 0 aromatic carbocycles. The highest BCUT2D eigenvalue weighted by molar-refractivity contribution is 7.80. The van der Waals surface area contributed by atoms with E-state index in [1.165, 1.54) is 0 Å². The van der Waals surface area contributed by atoms with Crippen LogP contribution >= 0.6 is 12.6 Å². The molecule has 3 amide bonds. The molecule has 0 aromatic heterocycles. The zero-order valence-electron chi connectivity index (χ0n) is 11.7. The van der Waals surface area contributed by atoms with Gasteiger partial charge in [0.1, 0.15) is 12.1 Å². The number of carboxylic acids is 1. The van der Waals surface area contributed by atoms with E-state index in [0.29, 0.717) is 0 Å². The van der Waals surface area contributed by atoms with Gasteiger partial charge in [-0.25, -0.2) is 4.79 Å². The van der Waals surface area contributed by atoms with Gasteiger partial charge in [0.2, 0.25) is 17.7 Å². The maximum absolute atomic E-state index is 11.8. The number of hydrogen-bond donors (Lipinski definition) is 7. The summed E-state index contributed by atoms with van der Waals surface area (Å²) in [5, 5.41) is 22.2. The smallest absolute Gasteiger partial charge is 0.327 e. The average Bonchev–Trinajstić information content (AvgIpc) is 2.46. The van der Waals surface area contributed by atoms with E-state index in [4.69, 9.17) is 21.7 Å². The number of amides is 3. The number of hydrogen-bond acceptors (Lipinski definition) is 7. The largest absolute Gasteiger partial charge is 0.480 e. The molecule has 0 unspecified atom stereocenters.